The van der Waals surface area contributed by atoms with Gasteiger partial charge in [0.25, 0.3) is 11.3 Å². The van der Waals surface area contributed by atoms with E-state index in [1.165, 1.54) is 18.5 Å². The number of halogens is 3. The molecule has 102 valence electrons. The van der Waals surface area contributed by atoms with E-state index in [4.69, 9.17) is 0 Å². The molecule has 0 atom stereocenters. The van der Waals surface area contributed by atoms with E-state index in [2.05, 4.69) is 15.1 Å². The topological polar surface area (TPSA) is 63.0 Å². The van der Waals surface area contributed by atoms with Crippen molar-refractivity contribution in [1.82, 2.24) is 19.6 Å². The number of alkyl halides is 3. The number of rotatable bonds is 1. The Labute approximate surface area is 109 Å². The molecule has 20 heavy (non-hydrogen) atoms. The van der Waals surface area contributed by atoms with Crippen LogP contribution in [0.1, 0.15) is 5.56 Å². The molecule has 8 heteroatoms. The largest absolute Gasteiger partial charge is 0.416 e. The molecule has 0 amide bonds. The van der Waals surface area contributed by atoms with Crippen molar-refractivity contribution in [1.29, 1.82) is 0 Å². The Hall–Kier alpha value is -2.64. The van der Waals surface area contributed by atoms with Crippen LogP contribution in [0, 0.1) is 0 Å². The summed E-state index contributed by atoms with van der Waals surface area (Å²) in [6.07, 6.45) is -3.17. The molecule has 1 N–H and O–H groups in total. The first-order valence-corrected chi connectivity index (χ1v) is 5.56. The van der Waals surface area contributed by atoms with Gasteiger partial charge in [0.2, 0.25) is 0 Å². The normalized spacial score (nSPS) is 11.9. The second kappa shape index (κ2) is 4.19. The number of fused-ring (bicyclic) bond motifs is 1. The van der Waals surface area contributed by atoms with E-state index < -0.39 is 17.3 Å². The molecular formula is C12H7F3N4O. The summed E-state index contributed by atoms with van der Waals surface area (Å²) in [6, 6.07) is 5.79. The zero-order chi connectivity index (χ0) is 14.3. The van der Waals surface area contributed by atoms with Crippen molar-refractivity contribution in [2.75, 3.05) is 0 Å². The molecular weight excluding hydrogens is 273 g/mol. The van der Waals surface area contributed by atoms with Gasteiger partial charge >= 0.3 is 6.18 Å². The van der Waals surface area contributed by atoms with Gasteiger partial charge < -0.3 is 0 Å². The fourth-order valence-electron chi connectivity index (χ4n) is 1.83. The van der Waals surface area contributed by atoms with Gasteiger partial charge in [0.15, 0.2) is 0 Å². The highest BCUT2D eigenvalue weighted by Gasteiger charge is 2.30. The summed E-state index contributed by atoms with van der Waals surface area (Å²) in [7, 11) is 0. The fourth-order valence-corrected chi connectivity index (χ4v) is 1.83. The van der Waals surface area contributed by atoms with Gasteiger partial charge in [-0.1, -0.05) is 12.1 Å². The molecule has 5 nitrogen and oxygen atoms in total. The Balaban J connectivity index is 2.18. The van der Waals surface area contributed by atoms with Crippen molar-refractivity contribution in [3.8, 4) is 11.3 Å². The number of hydrogen-bond acceptors (Lipinski definition) is 3. The SMILES string of the molecule is O=c1cc(-c2cccc(C(F)(F)F)c2)nc2nc[nH]n12. The third-order valence-electron chi connectivity index (χ3n) is 2.75. The summed E-state index contributed by atoms with van der Waals surface area (Å²) < 4.78 is 39.1. The summed E-state index contributed by atoms with van der Waals surface area (Å²) in [5.74, 6) is 0.102. The number of H-pyrrole nitrogens is 1. The van der Waals surface area contributed by atoms with Crippen LogP contribution in [0.2, 0.25) is 0 Å². The van der Waals surface area contributed by atoms with Crippen LogP contribution in [-0.4, -0.2) is 19.6 Å². The van der Waals surface area contributed by atoms with Gasteiger partial charge in [-0.05, 0) is 12.1 Å². The molecule has 0 saturated heterocycles. The minimum absolute atomic E-state index is 0.102. The Morgan fingerprint density at radius 1 is 1.20 bits per heavy atom. The third kappa shape index (κ3) is 2.04. The van der Waals surface area contributed by atoms with E-state index in [9.17, 15) is 18.0 Å². The summed E-state index contributed by atoms with van der Waals surface area (Å²) in [5, 5.41) is 2.55. The molecule has 0 spiro atoms. The van der Waals surface area contributed by atoms with Crippen LogP contribution in [0.15, 0.2) is 41.5 Å². The van der Waals surface area contributed by atoms with Crippen LogP contribution in [-0.2, 0) is 6.18 Å². The zero-order valence-electron chi connectivity index (χ0n) is 9.85. The number of aromatic nitrogens is 4. The van der Waals surface area contributed by atoms with Gasteiger partial charge in [0.05, 0.1) is 11.3 Å². The van der Waals surface area contributed by atoms with Crippen molar-refractivity contribution >= 4 is 5.78 Å². The number of aromatic amines is 1. The van der Waals surface area contributed by atoms with Crippen LogP contribution in [0.5, 0.6) is 0 Å². The van der Waals surface area contributed by atoms with Gasteiger partial charge in [0.1, 0.15) is 6.33 Å². The molecule has 3 aromatic rings. The summed E-state index contributed by atoms with van der Waals surface area (Å²) in [6.45, 7) is 0. The van der Waals surface area contributed by atoms with Crippen LogP contribution in [0.4, 0.5) is 13.2 Å². The molecule has 1 aromatic carbocycles. The van der Waals surface area contributed by atoms with Crippen LogP contribution in [0.3, 0.4) is 0 Å². The number of nitrogens with zero attached hydrogens (tertiary/aromatic N) is 3. The molecule has 2 aromatic heterocycles. The van der Waals surface area contributed by atoms with Crippen LogP contribution >= 0.6 is 0 Å². The summed E-state index contributed by atoms with van der Waals surface area (Å²) in [4.78, 5) is 19.6. The van der Waals surface area contributed by atoms with Crippen molar-refractivity contribution in [2.24, 2.45) is 0 Å². The predicted octanol–water partition coefficient (Wildman–Crippen LogP) is 2.10. The van der Waals surface area contributed by atoms with E-state index in [-0.39, 0.29) is 17.0 Å². The lowest BCUT2D eigenvalue weighted by molar-refractivity contribution is -0.137. The lowest BCUT2D eigenvalue weighted by atomic mass is 10.1. The van der Waals surface area contributed by atoms with E-state index in [0.717, 1.165) is 22.7 Å². The Bertz CT molecular complexity index is 834. The van der Waals surface area contributed by atoms with Gasteiger partial charge in [-0.15, -0.1) is 0 Å². The minimum Gasteiger partial charge on any atom is -0.278 e. The number of nitrogens with one attached hydrogen (secondary N) is 1. The molecule has 0 aliphatic carbocycles. The Kier molecular flexibility index (Phi) is 2.60. The van der Waals surface area contributed by atoms with Gasteiger partial charge in [-0.3, -0.25) is 9.89 Å². The number of hydrogen-bond donors (Lipinski definition) is 1. The van der Waals surface area contributed by atoms with Crippen LogP contribution < -0.4 is 5.56 Å². The molecule has 0 radical (unpaired) electrons. The lowest BCUT2D eigenvalue weighted by Gasteiger charge is -2.08. The minimum atomic E-state index is -4.44. The quantitative estimate of drug-likeness (QED) is 0.742. The number of benzene rings is 1. The van der Waals surface area contributed by atoms with Crippen molar-refractivity contribution < 1.29 is 13.2 Å². The predicted molar refractivity (Wildman–Crippen MR) is 64.0 cm³/mol. The standard InChI is InChI=1S/C12H7F3N4O/c13-12(14,15)8-3-1-2-7(4-8)9-5-10(20)19-11(18-9)16-6-17-19/h1-6H,(H,16,17,18). The third-order valence-corrected chi connectivity index (χ3v) is 2.75. The van der Waals surface area contributed by atoms with Crippen molar-refractivity contribution in [3.05, 3.63) is 52.6 Å². The van der Waals surface area contributed by atoms with Crippen molar-refractivity contribution in [2.45, 2.75) is 6.18 Å². The highest BCUT2D eigenvalue weighted by Crippen LogP contribution is 2.31. The van der Waals surface area contributed by atoms with E-state index in [1.54, 1.807) is 0 Å². The first-order valence-electron chi connectivity index (χ1n) is 5.56. The Morgan fingerprint density at radius 2 is 2.00 bits per heavy atom. The first-order chi connectivity index (χ1) is 9.45. The first kappa shape index (κ1) is 12.4. The lowest BCUT2D eigenvalue weighted by Crippen LogP contribution is -2.14. The van der Waals surface area contributed by atoms with E-state index in [1.807, 2.05) is 0 Å². The molecule has 0 bridgehead atoms. The van der Waals surface area contributed by atoms with E-state index >= 15 is 0 Å². The van der Waals surface area contributed by atoms with Gasteiger partial charge in [0, 0.05) is 11.6 Å². The molecule has 0 fully saturated rings. The molecule has 0 unspecified atom stereocenters. The van der Waals surface area contributed by atoms with Gasteiger partial charge in [-0.2, -0.15) is 17.7 Å². The van der Waals surface area contributed by atoms with Crippen LogP contribution in [0.25, 0.3) is 17.0 Å². The maximum Gasteiger partial charge on any atom is 0.416 e. The second-order valence-electron chi connectivity index (χ2n) is 4.08. The smallest absolute Gasteiger partial charge is 0.278 e. The Morgan fingerprint density at radius 3 is 2.75 bits per heavy atom. The molecule has 3 rings (SSSR count). The molecule has 0 saturated carbocycles. The second-order valence-corrected chi connectivity index (χ2v) is 4.08. The average Bonchev–Trinajstić information content (AvgIpc) is 2.87. The fraction of sp³-hybridized carbons (Fsp3) is 0.0833. The highest BCUT2D eigenvalue weighted by molar-refractivity contribution is 5.61. The van der Waals surface area contributed by atoms with Gasteiger partial charge in [-0.25, -0.2) is 9.97 Å². The monoisotopic (exact) mass is 280 g/mol. The highest BCUT2D eigenvalue weighted by atomic mass is 19.4. The maximum atomic E-state index is 12.7. The molecule has 0 aliphatic heterocycles. The van der Waals surface area contributed by atoms with Crippen molar-refractivity contribution in [3.63, 3.8) is 0 Å². The summed E-state index contributed by atoms with van der Waals surface area (Å²) >= 11 is 0. The average molecular weight is 280 g/mol. The molecule has 0 aliphatic rings. The maximum absolute atomic E-state index is 12.7. The zero-order valence-corrected chi connectivity index (χ0v) is 9.85. The van der Waals surface area contributed by atoms with E-state index in [0.29, 0.717) is 0 Å². The summed E-state index contributed by atoms with van der Waals surface area (Å²) in [5.41, 5.74) is -0.880. The molecule has 2 heterocycles.